The van der Waals surface area contributed by atoms with Crippen molar-refractivity contribution in [3.63, 3.8) is 0 Å². The van der Waals surface area contributed by atoms with Gasteiger partial charge in [0.05, 0.1) is 24.2 Å². The van der Waals surface area contributed by atoms with Gasteiger partial charge < -0.3 is 14.5 Å². The molecule has 8 nitrogen and oxygen atoms in total. The van der Waals surface area contributed by atoms with Crippen LogP contribution in [0.15, 0.2) is 52.7 Å². The molecule has 1 fully saturated rings. The van der Waals surface area contributed by atoms with Crippen molar-refractivity contribution in [2.24, 2.45) is 10.4 Å². The highest BCUT2D eigenvalue weighted by atomic mass is 31.2. The fraction of sp³-hybridized carbons (Fsp3) is 0.450. The normalized spacial score (nSPS) is 23.3. The van der Waals surface area contributed by atoms with Gasteiger partial charge in [0.15, 0.2) is 0 Å². The van der Waals surface area contributed by atoms with Crippen molar-refractivity contribution < 1.29 is 14.2 Å². The summed E-state index contributed by atoms with van der Waals surface area (Å²) in [5.41, 5.74) is 1.37. The molecule has 0 saturated carbocycles. The Hall–Kier alpha value is -2.28. The van der Waals surface area contributed by atoms with Gasteiger partial charge in [-0.3, -0.25) is 4.57 Å². The highest BCUT2D eigenvalue weighted by molar-refractivity contribution is 7.71. The molecule has 1 saturated heterocycles. The number of allylic oxidation sites excluding steroid dienone is 2. The molecule has 1 aliphatic heterocycles. The molecule has 2 aromatic rings. The molecule has 9 heteroatoms. The zero-order chi connectivity index (χ0) is 20.5. The molecule has 1 aliphatic carbocycles. The van der Waals surface area contributed by atoms with Crippen molar-refractivity contribution in [3.8, 4) is 0 Å². The fourth-order valence-electron chi connectivity index (χ4n) is 3.98. The minimum Gasteiger partial charge on any atom is -0.378 e. The summed E-state index contributed by atoms with van der Waals surface area (Å²) in [6.07, 6.45) is 2.67. The smallest absolute Gasteiger partial charge is 0.262 e. The first kappa shape index (κ1) is 20.0. The van der Waals surface area contributed by atoms with E-state index in [-0.39, 0.29) is 5.41 Å². The van der Waals surface area contributed by atoms with Crippen LogP contribution in [0.3, 0.4) is 0 Å². The number of aromatic amines is 1. The van der Waals surface area contributed by atoms with E-state index in [1.165, 1.54) is 6.33 Å². The fourth-order valence-corrected chi connectivity index (χ4v) is 5.86. The maximum absolute atomic E-state index is 13.9. The first-order chi connectivity index (χ1) is 13.9. The molecule has 0 spiro atoms. The molecule has 29 heavy (non-hydrogen) atoms. The zero-order valence-corrected chi connectivity index (χ0v) is 17.6. The van der Waals surface area contributed by atoms with Crippen molar-refractivity contribution in [1.29, 1.82) is 0 Å². The molecule has 0 radical (unpaired) electrons. The number of rotatable bonds is 4. The van der Waals surface area contributed by atoms with Crippen LogP contribution in [0.1, 0.15) is 26.7 Å². The molecule has 1 aromatic heterocycles. The Labute approximate surface area is 170 Å². The van der Waals surface area contributed by atoms with Crippen LogP contribution < -0.4 is 5.30 Å². The Morgan fingerprint density at radius 3 is 2.59 bits per heavy atom. The van der Waals surface area contributed by atoms with Gasteiger partial charge in [0.25, 0.3) is 7.37 Å². The molecule has 1 atom stereocenters. The van der Waals surface area contributed by atoms with Crippen LogP contribution in [-0.4, -0.2) is 57.0 Å². The SMILES string of the molecule is CC1(C)CC(N2CCOCC2)=C(P(=O)(O)c2ccccc2)/C(=N/c2ncn[nH]2)C1. The van der Waals surface area contributed by atoms with E-state index < -0.39 is 7.37 Å². The first-order valence-electron chi connectivity index (χ1n) is 9.75. The molecular weight excluding hydrogens is 389 g/mol. The second-order valence-electron chi connectivity index (χ2n) is 8.19. The third-order valence-corrected chi connectivity index (χ3v) is 7.40. The van der Waals surface area contributed by atoms with Gasteiger partial charge in [0.1, 0.15) is 6.33 Å². The summed E-state index contributed by atoms with van der Waals surface area (Å²) in [5.74, 6) is 0.338. The van der Waals surface area contributed by atoms with Gasteiger partial charge in [-0.2, -0.15) is 10.1 Å². The number of ether oxygens (including phenoxy) is 1. The molecule has 1 unspecified atom stereocenters. The van der Waals surface area contributed by atoms with Gasteiger partial charge in [0, 0.05) is 24.1 Å². The summed E-state index contributed by atoms with van der Waals surface area (Å²) in [6.45, 7) is 6.91. The van der Waals surface area contributed by atoms with Gasteiger partial charge in [-0.25, -0.2) is 10.1 Å². The van der Waals surface area contributed by atoms with Crippen molar-refractivity contribution >= 4 is 24.3 Å². The highest BCUT2D eigenvalue weighted by Crippen LogP contribution is 2.56. The van der Waals surface area contributed by atoms with Crippen LogP contribution >= 0.6 is 7.37 Å². The average molecular weight is 415 g/mol. The zero-order valence-electron chi connectivity index (χ0n) is 16.7. The van der Waals surface area contributed by atoms with E-state index in [2.05, 4.69) is 38.9 Å². The van der Waals surface area contributed by atoms with Crippen LogP contribution in [0.25, 0.3) is 0 Å². The van der Waals surface area contributed by atoms with E-state index in [1.54, 1.807) is 24.3 Å². The molecule has 0 amide bonds. The molecule has 154 valence electrons. The van der Waals surface area contributed by atoms with Gasteiger partial charge in [0.2, 0.25) is 5.95 Å². The highest BCUT2D eigenvalue weighted by Gasteiger charge is 2.42. The number of nitrogens with zero attached hydrogens (tertiary/aromatic N) is 4. The number of aliphatic imine (C=N–C) groups is 1. The van der Waals surface area contributed by atoms with Crippen LogP contribution in [-0.2, 0) is 9.30 Å². The molecule has 2 heterocycles. The number of morpholine rings is 1. The third kappa shape index (κ3) is 4.20. The molecule has 2 aliphatic rings. The van der Waals surface area contributed by atoms with E-state index in [1.807, 2.05) is 6.07 Å². The monoisotopic (exact) mass is 415 g/mol. The lowest BCUT2D eigenvalue weighted by Crippen LogP contribution is -2.41. The average Bonchev–Trinajstić information content (AvgIpc) is 3.21. The van der Waals surface area contributed by atoms with Crippen molar-refractivity contribution in [2.75, 3.05) is 26.3 Å². The van der Waals surface area contributed by atoms with E-state index in [9.17, 15) is 9.46 Å². The standard InChI is InChI=1S/C20H26N5O3P/c1-20(2)12-16(23-19-21-14-22-24-19)18(17(13-20)25-8-10-28-11-9-25)29(26,27)15-6-4-3-5-7-15/h3-7,14H,8-13H2,1-2H3,(H,26,27)(H,21,22,24)/b23-16+. The van der Waals surface area contributed by atoms with Crippen LogP contribution in [0.5, 0.6) is 0 Å². The summed E-state index contributed by atoms with van der Waals surface area (Å²) < 4.78 is 19.4. The van der Waals surface area contributed by atoms with Crippen molar-refractivity contribution in [3.05, 3.63) is 47.7 Å². The van der Waals surface area contributed by atoms with Crippen LogP contribution in [0.4, 0.5) is 5.95 Å². The number of aromatic nitrogens is 3. The lowest BCUT2D eigenvalue weighted by molar-refractivity contribution is 0.0488. The quantitative estimate of drug-likeness (QED) is 0.745. The van der Waals surface area contributed by atoms with E-state index >= 15 is 0 Å². The van der Waals surface area contributed by atoms with Gasteiger partial charge >= 0.3 is 0 Å². The second-order valence-corrected chi connectivity index (χ2v) is 10.3. The largest absolute Gasteiger partial charge is 0.378 e. The molecule has 2 N–H and O–H groups in total. The van der Waals surface area contributed by atoms with E-state index in [4.69, 9.17) is 4.74 Å². The lowest BCUT2D eigenvalue weighted by atomic mass is 9.78. The topological polar surface area (TPSA) is 104 Å². The number of hydrogen-bond donors (Lipinski definition) is 2. The van der Waals surface area contributed by atoms with E-state index in [0.29, 0.717) is 61.4 Å². The Morgan fingerprint density at radius 2 is 1.93 bits per heavy atom. The third-order valence-electron chi connectivity index (χ3n) is 5.28. The number of H-pyrrole nitrogens is 1. The summed E-state index contributed by atoms with van der Waals surface area (Å²) in [5, 5.41) is 7.44. The number of hydrogen-bond acceptors (Lipinski definition) is 6. The Balaban J connectivity index is 1.92. The lowest BCUT2D eigenvalue weighted by Gasteiger charge is -2.41. The minimum absolute atomic E-state index is 0.104. The Morgan fingerprint density at radius 1 is 1.21 bits per heavy atom. The number of nitrogens with one attached hydrogen (secondary N) is 1. The summed E-state index contributed by atoms with van der Waals surface area (Å²) in [6, 6.07) is 8.82. The molecule has 0 bridgehead atoms. The summed E-state index contributed by atoms with van der Waals surface area (Å²) in [7, 11) is -3.87. The van der Waals surface area contributed by atoms with Gasteiger partial charge in [-0.05, 0) is 30.4 Å². The first-order valence-corrected chi connectivity index (χ1v) is 11.4. The van der Waals surface area contributed by atoms with Crippen molar-refractivity contribution in [1.82, 2.24) is 20.1 Å². The second kappa shape index (κ2) is 7.86. The molecular formula is C20H26N5O3P. The summed E-state index contributed by atoms with van der Waals surface area (Å²) >= 11 is 0. The maximum Gasteiger partial charge on any atom is 0.262 e. The Bertz CT molecular complexity index is 963. The van der Waals surface area contributed by atoms with Gasteiger partial charge in [-0.15, -0.1) is 0 Å². The maximum atomic E-state index is 13.9. The Kier molecular flexibility index (Phi) is 5.42. The van der Waals surface area contributed by atoms with Crippen molar-refractivity contribution in [2.45, 2.75) is 26.7 Å². The van der Waals surface area contributed by atoms with Gasteiger partial charge in [-0.1, -0.05) is 32.0 Å². The predicted octanol–water partition coefficient (Wildman–Crippen LogP) is 2.84. The van der Waals surface area contributed by atoms with E-state index in [0.717, 1.165) is 5.70 Å². The minimum atomic E-state index is -3.87. The summed E-state index contributed by atoms with van der Waals surface area (Å²) in [4.78, 5) is 22.3. The number of benzene rings is 1. The molecule has 1 aromatic carbocycles. The molecule has 4 rings (SSSR count). The predicted molar refractivity (Wildman–Crippen MR) is 112 cm³/mol. The van der Waals surface area contributed by atoms with Crippen LogP contribution in [0.2, 0.25) is 0 Å². The van der Waals surface area contributed by atoms with Crippen LogP contribution in [0, 0.1) is 5.41 Å².